The van der Waals surface area contributed by atoms with Crippen molar-refractivity contribution in [1.29, 1.82) is 0 Å². The molecule has 0 saturated carbocycles. The van der Waals surface area contributed by atoms with Gasteiger partial charge in [-0.25, -0.2) is 4.68 Å². The number of alkyl halides is 3. The highest BCUT2D eigenvalue weighted by Crippen LogP contribution is 2.38. The lowest BCUT2D eigenvalue weighted by atomic mass is 10.0. The number of para-hydroxylation sites is 2. The smallest absolute Gasteiger partial charge is 0.434 e. The molecule has 234 valence electrons. The van der Waals surface area contributed by atoms with Gasteiger partial charge in [0.2, 0.25) is 5.91 Å². The second kappa shape index (κ2) is 12.6. The highest BCUT2D eigenvalue weighted by molar-refractivity contribution is 5.95. The number of nitrogens with one attached hydrogen (secondary N) is 1. The van der Waals surface area contributed by atoms with Crippen molar-refractivity contribution < 1.29 is 32.2 Å². The highest BCUT2D eigenvalue weighted by atomic mass is 19.4. The summed E-state index contributed by atoms with van der Waals surface area (Å²) < 4.78 is 54.3. The van der Waals surface area contributed by atoms with Gasteiger partial charge in [0.05, 0.1) is 37.4 Å². The lowest BCUT2D eigenvalue weighted by Crippen LogP contribution is -2.37. The number of methoxy groups -OCH3 is 1. The minimum atomic E-state index is -4.80. The largest absolute Gasteiger partial charge is 0.494 e. The minimum Gasteiger partial charge on any atom is -0.494 e. The molecule has 1 aromatic heterocycles. The third kappa shape index (κ3) is 6.18. The van der Waals surface area contributed by atoms with E-state index in [1.165, 1.54) is 18.1 Å². The van der Waals surface area contributed by atoms with Crippen LogP contribution in [-0.2, 0) is 15.7 Å². The number of carbonyl (C=O) groups is 2. The molecule has 3 unspecified atom stereocenters. The van der Waals surface area contributed by atoms with E-state index in [0.29, 0.717) is 26.3 Å². The molecule has 4 atom stereocenters. The topological polar surface area (TPSA) is 88.9 Å². The normalized spacial score (nSPS) is 22.6. The number of fused-ring (bicyclic) bond motifs is 1. The average Bonchev–Trinajstić information content (AvgIpc) is 3.83. The number of hydrogen-bond donors (Lipinski definition) is 1. The number of nitrogens with zero attached hydrogens (tertiary/aromatic N) is 4. The number of carbonyl (C=O) groups excluding carboxylic acids is 2. The zero-order chi connectivity index (χ0) is 30.8. The zero-order valence-electron chi connectivity index (χ0n) is 24.5. The molecule has 3 fully saturated rings. The monoisotopic (exact) mass is 611 g/mol. The summed E-state index contributed by atoms with van der Waals surface area (Å²) in [6, 6.07) is 16.0. The Balaban J connectivity index is 1.10. The predicted octanol–water partition coefficient (Wildman–Crippen LogP) is 4.19. The molecule has 0 aliphatic carbocycles. The van der Waals surface area contributed by atoms with Gasteiger partial charge in [-0.2, -0.15) is 18.3 Å². The van der Waals surface area contributed by atoms with Crippen LogP contribution in [0.2, 0.25) is 0 Å². The van der Waals surface area contributed by atoms with E-state index in [-0.39, 0.29) is 41.1 Å². The van der Waals surface area contributed by atoms with Crippen LogP contribution >= 0.6 is 0 Å². The van der Waals surface area contributed by atoms with Gasteiger partial charge in [-0.3, -0.25) is 9.59 Å². The van der Waals surface area contributed by atoms with Gasteiger partial charge < -0.3 is 24.6 Å². The Morgan fingerprint density at radius 3 is 2.41 bits per heavy atom. The van der Waals surface area contributed by atoms with E-state index in [1.807, 2.05) is 30.3 Å². The number of rotatable bonds is 9. The summed E-state index contributed by atoms with van der Waals surface area (Å²) in [6.45, 7) is 4.07. The van der Waals surface area contributed by atoms with Gasteiger partial charge in [0, 0.05) is 39.3 Å². The Morgan fingerprint density at radius 2 is 1.75 bits per heavy atom. The maximum atomic E-state index is 14.3. The van der Waals surface area contributed by atoms with Gasteiger partial charge in [0.1, 0.15) is 11.4 Å². The molecule has 6 rings (SSSR count). The van der Waals surface area contributed by atoms with Crippen molar-refractivity contribution in [3.8, 4) is 11.4 Å². The summed E-state index contributed by atoms with van der Waals surface area (Å²) in [5, 5.41) is 7.20. The number of aromatic nitrogens is 2. The number of ether oxygens (including phenoxy) is 2. The number of likely N-dealkylation sites (tertiary alicyclic amines) is 2. The molecule has 0 bridgehead atoms. The van der Waals surface area contributed by atoms with Crippen LogP contribution in [0.5, 0.6) is 5.75 Å². The lowest BCUT2D eigenvalue weighted by molar-refractivity contribution is -0.143. The Hall–Kier alpha value is -3.90. The standard InChI is InChI=1S/C32H36F3N5O4/c1-43-28-10-6-5-9-27(28)40-29(32(33,34)35)25(15-36-40)31(42)39-18-23-16-38(17-24(23)19-39)13-11-26(21-7-3-2-4-8-21)37-30(41)22-12-14-44-20-22/h2-10,15,22-24,26H,11-14,16-20H2,1H3,(H,37,41)/t22?,23?,24?,26-/m0/s1. The SMILES string of the molecule is COc1ccccc1-n1ncc(C(=O)N2CC3CN(CC[C@H](NC(=O)C4CCOC4)c4ccccc4)CC3C2)c1C(F)(F)F. The molecule has 0 spiro atoms. The maximum Gasteiger partial charge on any atom is 0.434 e. The van der Waals surface area contributed by atoms with Crippen LogP contribution in [0.1, 0.15) is 40.5 Å². The molecule has 0 radical (unpaired) electrons. The van der Waals surface area contributed by atoms with Gasteiger partial charge in [-0.1, -0.05) is 42.5 Å². The van der Waals surface area contributed by atoms with Gasteiger partial charge in [0.25, 0.3) is 5.91 Å². The Kier molecular flexibility index (Phi) is 8.64. The first-order valence-electron chi connectivity index (χ1n) is 15.0. The van der Waals surface area contributed by atoms with Crippen molar-refractivity contribution in [2.24, 2.45) is 17.8 Å². The van der Waals surface area contributed by atoms with Crippen LogP contribution in [0, 0.1) is 17.8 Å². The fraction of sp³-hybridized carbons (Fsp3) is 0.469. The molecular weight excluding hydrogens is 575 g/mol. The van der Waals surface area contributed by atoms with Gasteiger partial charge >= 0.3 is 6.18 Å². The van der Waals surface area contributed by atoms with Crippen LogP contribution < -0.4 is 10.1 Å². The first kappa shape index (κ1) is 30.1. The molecule has 44 heavy (non-hydrogen) atoms. The molecule has 4 heterocycles. The highest BCUT2D eigenvalue weighted by Gasteiger charge is 2.46. The van der Waals surface area contributed by atoms with Crippen LogP contribution in [0.3, 0.4) is 0 Å². The summed E-state index contributed by atoms with van der Waals surface area (Å²) in [4.78, 5) is 30.2. The summed E-state index contributed by atoms with van der Waals surface area (Å²) >= 11 is 0. The minimum absolute atomic E-state index is 0.0102. The van der Waals surface area contributed by atoms with E-state index in [4.69, 9.17) is 9.47 Å². The van der Waals surface area contributed by atoms with Crippen molar-refractivity contribution in [3.63, 3.8) is 0 Å². The maximum absolute atomic E-state index is 14.3. The number of benzene rings is 2. The van der Waals surface area contributed by atoms with Crippen molar-refractivity contribution >= 4 is 11.8 Å². The number of amides is 2. The van der Waals surface area contributed by atoms with E-state index in [9.17, 15) is 22.8 Å². The van der Waals surface area contributed by atoms with E-state index in [0.717, 1.165) is 48.9 Å². The van der Waals surface area contributed by atoms with Crippen LogP contribution in [0.25, 0.3) is 5.69 Å². The molecule has 9 nitrogen and oxygen atoms in total. The third-order valence-corrected chi connectivity index (χ3v) is 8.98. The molecule has 3 aliphatic rings. The number of halogens is 3. The van der Waals surface area contributed by atoms with Gasteiger partial charge in [-0.05, 0) is 42.4 Å². The fourth-order valence-electron chi connectivity index (χ4n) is 6.72. The van der Waals surface area contributed by atoms with Crippen LogP contribution in [0.15, 0.2) is 60.8 Å². The molecule has 2 aromatic carbocycles. The Bertz CT molecular complexity index is 1460. The van der Waals surface area contributed by atoms with Gasteiger partial charge in [0.15, 0.2) is 5.69 Å². The third-order valence-electron chi connectivity index (χ3n) is 8.98. The first-order valence-corrected chi connectivity index (χ1v) is 15.0. The second-order valence-corrected chi connectivity index (χ2v) is 11.8. The van der Waals surface area contributed by atoms with E-state index < -0.39 is 23.3 Å². The first-order chi connectivity index (χ1) is 21.2. The van der Waals surface area contributed by atoms with Gasteiger partial charge in [-0.15, -0.1) is 0 Å². The summed E-state index contributed by atoms with van der Waals surface area (Å²) in [5.74, 6) is -0.234. The molecule has 1 N–H and O–H groups in total. The molecule has 12 heteroatoms. The molecular formula is C32H36F3N5O4. The quantitative estimate of drug-likeness (QED) is 0.391. The number of hydrogen-bond acceptors (Lipinski definition) is 6. The van der Waals surface area contributed by atoms with Crippen molar-refractivity contribution in [1.82, 2.24) is 24.9 Å². The summed E-state index contributed by atoms with van der Waals surface area (Å²) in [6.07, 6.45) is -2.34. The average molecular weight is 612 g/mol. The van der Waals surface area contributed by atoms with Crippen LogP contribution in [-0.4, -0.2) is 84.4 Å². The van der Waals surface area contributed by atoms with Crippen LogP contribution in [0.4, 0.5) is 13.2 Å². The Morgan fingerprint density at radius 1 is 1.05 bits per heavy atom. The van der Waals surface area contributed by atoms with E-state index >= 15 is 0 Å². The van der Waals surface area contributed by atoms with Crippen molar-refractivity contribution in [2.75, 3.05) is 53.0 Å². The van der Waals surface area contributed by atoms with Crippen molar-refractivity contribution in [2.45, 2.75) is 25.1 Å². The van der Waals surface area contributed by atoms with E-state index in [1.54, 1.807) is 18.2 Å². The zero-order valence-corrected chi connectivity index (χ0v) is 24.5. The molecule has 3 aliphatic heterocycles. The Labute approximate surface area is 253 Å². The van der Waals surface area contributed by atoms with E-state index in [2.05, 4.69) is 15.3 Å². The fourth-order valence-corrected chi connectivity index (χ4v) is 6.72. The molecule has 3 saturated heterocycles. The molecule has 2 amide bonds. The molecule has 3 aromatic rings. The second-order valence-electron chi connectivity index (χ2n) is 11.8. The lowest BCUT2D eigenvalue weighted by Gasteiger charge is -2.25. The van der Waals surface area contributed by atoms with Crippen molar-refractivity contribution in [3.05, 3.63) is 77.6 Å². The predicted molar refractivity (Wildman–Crippen MR) is 155 cm³/mol. The summed E-state index contributed by atoms with van der Waals surface area (Å²) in [7, 11) is 1.37. The summed E-state index contributed by atoms with van der Waals surface area (Å²) in [5.41, 5.74) is -0.417.